The third kappa shape index (κ3) is 5.26. The van der Waals surface area contributed by atoms with E-state index < -0.39 is 0 Å². The standard InChI is InChI=1S/C12H22N4S/c1-10-11(13)15-9-16-12(10)14-7-5-3-4-6-8-17-2/h9H,3-8H2,1-2H3,(H3,13,14,15,16). The van der Waals surface area contributed by atoms with Gasteiger partial charge in [0.1, 0.15) is 18.0 Å². The number of aromatic nitrogens is 2. The first kappa shape index (κ1) is 14.1. The van der Waals surface area contributed by atoms with Gasteiger partial charge in [-0.1, -0.05) is 12.8 Å². The summed E-state index contributed by atoms with van der Waals surface area (Å²) in [6.45, 7) is 2.90. The van der Waals surface area contributed by atoms with Gasteiger partial charge < -0.3 is 11.1 Å². The van der Waals surface area contributed by atoms with Crippen molar-refractivity contribution in [1.29, 1.82) is 0 Å². The van der Waals surface area contributed by atoms with E-state index in [2.05, 4.69) is 21.5 Å². The molecule has 0 fully saturated rings. The fourth-order valence-corrected chi connectivity index (χ4v) is 2.07. The SMILES string of the molecule is CSCCCCCCNc1ncnc(N)c1C. The van der Waals surface area contributed by atoms with E-state index >= 15 is 0 Å². The molecule has 1 rings (SSSR count). The molecule has 1 aromatic heterocycles. The second kappa shape index (κ2) is 8.17. The van der Waals surface area contributed by atoms with Crippen LogP contribution in [0.1, 0.15) is 31.2 Å². The first-order chi connectivity index (χ1) is 8.25. The van der Waals surface area contributed by atoms with Crippen molar-refractivity contribution >= 4 is 23.4 Å². The van der Waals surface area contributed by atoms with Crippen LogP contribution in [0.2, 0.25) is 0 Å². The van der Waals surface area contributed by atoms with Crippen LogP contribution in [0.15, 0.2) is 6.33 Å². The van der Waals surface area contributed by atoms with E-state index in [4.69, 9.17) is 5.73 Å². The Balaban J connectivity index is 2.16. The minimum absolute atomic E-state index is 0.558. The number of nitrogens with two attached hydrogens (primary N) is 1. The molecule has 5 heteroatoms. The Hall–Kier alpha value is -0.970. The summed E-state index contributed by atoms with van der Waals surface area (Å²) < 4.78 is 0. The van der Waals surface area contributed by atoms with Gasteiger partial charge in [0.2, 0.25) is 0 Å². The van der Waals surface area contributed by atoms with Crippen LogP contribution in [0.4, 0.5) is 11.6 Å². The van der Waals surface area contributed by atoms with Gasteiger partial charge in [-0.05, 0) is 31.8 Å². The Labute approximate surface area is 108 Å². The highest BCUT2D eigenvalue weighted by Gasteiger charge is 2.02. The van der Waals surface area contributed by atoms with E-state index in [0.29, 0.717) is 5.82 Å². The summed E-state index contributed by atoms with van der Waals surface area (Å²) in [6.07, 6.45) is 8.74. The van der Waals surface area contributed by atoms with E-state index in [1.165, 1.54) is 37.8 Å². The molecule has 0 amide bonds. The van der Waals surface area contributed by atoms with Crippen LogP contribution < -0.4 is 11.1 Å². The number of rotatable bonds is 8. The molecule has 0 aromatic carbocycles. The summed E-state index contributed by atoms with van der Waals surface area (Å²) in [6, 6.07) is 0. The van der Waals surface area contributed by atoms with Gasteiger partial charge in [0.15, 0.2) is 0 Å². The van der Waals surface area contributed by atoms with Crippen molar-refractivity contribution < 1.29 is 0 Å². The fraction of sp³-hybridized carbons (Fsp3) is 0.667. The van der Waals surface area contributed by atoms with E-state index in [1.807, 2.05) is 18.7 Å². The van der Waals surface area contributed by atoms with Crippen molar-refractivity contribution in [3.05, 3.63) is 11.9 Å². The van der Waals surface area contributed by atoms with Crippen LogP contribution in [0.3, 0.4) is 0 Å². The van der Waals surface area contributed by atoms with Gasteiger partial charge in [0, 0.05) is 12.1 Å². The van der Waals surface area contributed by atoms with Gasteiger partial charge in [0.05, 0.1) is 0 Å². The van der Waals surface area contributed by atoms with Gasteiger partial charge >= 0.3 is 0 Å². The first-order valence-corrected chi connectivity index (χ1v) is 7.45. The zero-order valence-electron chi connectivity index (χ0n) is 10.7. The number of hydrogen-bond acceptors (Lipinski definition) is 5. The Kier molecular flexibility index (Phi) is 6.77. The molecule has 0 radical (unpaired) electrons. The normalized spacial score (nSPS) is 10.5. The molecule has 0 aliphatic carbocycles. The van der Waals surface area contributed by atoms with E-state index in [9.17, 15) is 0 Å². The number of nitrogens with one attached hydrogen (secondary N) is 1. The van der Waals surface area contributed by atoms with Gasteiger partial charge in [-0.3, -0.25) is 0 Å². The molecule has 0 saturated carbocycles. The molecule has 0 bridgehead atoms. The van der Waals surface area contributed by atoms with Crippen molar-refractivity contribution in [3.8, 4) is 0 Å². The summed E-state index contributed by atoms with van der Waals surface area (Å²) in [7, 11) is 0. The minimum Gasteiger partial charge on any atom is -0.383 e. The third-order valence-electron chi connectivity index (χ3n) is 2.69. The zero-order valence-corrected chi connectivity index (χ0v) is 11.5. The largest absolute Gasteiger partial charge is 0.383 e. The van der Waals surface area contributed by atoms with Crippen LogP contribution in [0, 0.1) is 6.92 Å². The molecular formula is C12H22N4S. The van der Waals surface area contributed by atoms with Crippen LogP contribution in [0.25, 0.3) is 0 Å². The van der Waals surface area contributed by atoms with E-state index in [1.54, 1.807) is 0 Å². The van der Waals surface area contributed by atoms with Crippen LogP contribution in [-0.4, -0.2) is 28.5 Å². The molecule has 3 N–H and O–H groups in total. The predicted octanol–water partition coefficient (Wildman–Crippen LogP) is 2.70. The summed E-state index contributed by atoms with van der Waals surface area (Å²) in [4.78, 5) is 8.12. The lowest BCUT2D eigenvalue weighted by Crippen LogP contribution is -2.07. The number of anilines is 2. The molecule has 17 heavy (non-hydrogen) atoms. The number of nitrogen functional groups attached to an aromatic ring is 1. The molecule has 96 valence electrons. The third-order valence-corrected chi connectivity index (χ3v) is 3.39. The Bertz CT molecular complexity index is 330. The van der Waals surface area contributed by atoms with Crippen LogP contribution >= 0.6 is 11.8 Å². The number of unbranched alkanes of at least 4 members (excludes halogenated alkanes) is 3. The van der Waals surface area contributed by atoms with Gasteiger partial charge in [-0.2, -0.15) is 11.8 Å². The first-order valence-electron chi connectivity index (χ1n) is 6.05. The minimum atomic E-state index is 0.558. The van der Waals surface area contributed by atoms with E-state index in [-0.39, 0.29) is 0 Å². The highest BCUT2D eigenvalue weighted by molar-refractivity contribution is 7.98. The Morgan fingerprint density at radius 1 is 1.24 bits per heavy atom. The summed E-state index contributed by atoms with van der Waals surface area (Å²) in [5, 5.41) is 3.31. The van der Waals surface area contributed by atoms with Crippen molar-refractivity contribution in [2.45, 2.75) is 32.6 Å². The van der Waals surface area contributed by atoms with Gasteiger partial charge in [0.25, 0.3) is 0 Å². The average molecular weight is 254 g/mol. The quantitative estimate of drug-likeness (QED) is 0.698. The van der Waals surface area contributed by atoms with Gasteiger partial charge in [-0.25, -0.2) is 9.97 Å². The highest BCUT2D eigenvalue weighted by Crippen LogP contribution is 2.15. The van der Waals surface area contributed by atoms with Crippen LogP contribution in [0.5, 0.6) is 0 Å². The monoisotopic (exact) mass is 254 g/mol. The van der Waals surface area contributed by atoms with E-state index in [0.717, 1.165) is 17.9 Å². The van der Waals surface area contributed by atoms with Crippen molar-refractivity contribution in [3.63, 3.8) is 0 Å². The molecule has 4 nitrogen and oxygen atoms in total. The number of nitrogens with zero attached hydrogens (tertiary/aromatic N) is 2. The molecule has 0 atom stereocenters. The average Bonchev–Trinajstić information content (AvgIpc) is 2.33. The van der Waals surface area contributed by atoms with Crippen molar-refractivity contribution in [2.75, 3.05) is 29.6 Å². The lowest BCUT2D eigenvalue weighted by atomic mass is 10.2. The van der Waals surface area contributed by atoms with Crippen molar-refractivity contribution in [2.24, 2.45) is 0 Å². The molecule has 0 saturated heterocycles. The molecular weight excluding hydrogens is 232 g/mol. The maximum Gasteiger partial charge on any atom is 0.134 e. The second-order valence-corrected chi connectivity index (χ2v) is 5.05. The predicted molar refractivity (Wildman–Crippen MR) is 76.5 cm³/mol. The topological polar surface area (TPSA) is 63.8 Å². The Morgan fingerprint density at radius 3 is 2.76 bits per heavy atom. The lowest BCUT2D eigenvalue weighted by molar-refractivity contribution is 0.688. The fourth-order valence-electron chi connectivity index (χ4n) is 1.57. The molecule has 0 spiro atoms. The van der Waals surface area contributed by atoms with Gasteiger partial charge in [-0.15, -0.1) is 0 Å². The maximum atomic E-state index is 5.71. The zero-order chi connectivity index (χ0) is 12.5. The number of thioether (sulfide) groups is 1. The molecule has 1 aromatic rings. The smallest absolute Gasteiger partial charge is 0.134 e. The van der Waals surface area contributed by atoms with Crippen molar-refractivity contribution in [1.82, 2.24) is 9.97 Å². The Morgan fingerprint density at radius 2 is 2.00 bits per heavy atom. The van der Waals surface area contributed by atoms with Crippen LogP contribution in [-0.2, 0) is 0 Å². The molecule has 0 aliphatic heterocycles. The second-order valence-electron chi connectivity index (χ2n) is 4.07. The molecule has 0 aliphatic rings. The number of hydrogen-bond donors (Lipinski definition) is 2. The summed E-state index contributed by atoms with van der Waals surface area (Å²) in [5.74, 6) is 2.69. The summed E-state index contributed by atoms with van der Waals surface area (Å²) >= 11 is 1.92. The highest BCUT2D eigenvalue weighted by atomic mass is 32.2. The summed E-state index contributed by atoms with van der Waals surface area (Å²) in [5.41, 5.74) is 6.65. The molecule has 1 heterocycles. The molecule has 0 unspecified atom stereocenters. The maximum absolute atomic E-state index is 5.71. The lowest BCUT2D eigenvalue weighted by Gasteiger charge is -2.08.